The summed E-state index contributed by atoms with van der Waals surface area (Å²) in [7, 11) is 0. The summed E-state index contributed by atoms with van der Waals surface area (Å²) in [5.41, 5.74) is 6.11. The summed E-state index contributed by atoms with van der Waals surface area (Å²) >= 11 is 0. The van der Waals surface area contributed by atoms with E-state index in [2.05, 4.69) is 0 Å². The zero-order valence-electron chi connectivity index (χ0n) is 9.85. The number of hydrogen-bond acceptors (Lipinski definition) is 3. The van der Waals surface area contributed by atoms with Crippen LogP contribution in [-0.2, 0) is 6.42 Å². The first-order valence-corrected chi connectivity index (χ1v) is 5.94. The van der Waals surface area contributed by atoms with E-state index in [1.54, 1.807) is 6.07 Å². The average molecular weight is 239 g/mol. The maximum absolute atomic E-state index is 12.2. The van der Waals surface area contributed by atoms with E-state index >= 15 is 0 Å². The highest BCUT2D eigenvalue weighted by atomic mass is 16.3. The van der Waals surface area contributed by atoms with Gasteiger partial charge in [-0.25, -0.2) is 0 Å². The van der Waals surface area contributed by atoms with Gasteiger partial charge in [0.25, 0.3) is 0 Å². The Morgan fingerprint density at radius 2 is 1.94 bits per heavy atom. The summed E-state index contributed by atoms with van der Waals surface area (Å²) in [6.07, 6.45) is 0.581. The van der Waals surface area contributed by atoms with Crippen LogP contribution in [-0.4, -0.2) is 6.54 Å². The number of hydrogen-bond donors (Lipinski definition) is 1. The van der Waals surface area contributed by atoms with E-state index in [1.165, 1.54) is 0 Å². The molecule has 3 heteroatoms. The number of fused-ring (bicyclic) bond motifs is 3. The fourth-order valence-electron chi connectivity index (χ4n) is 2.25. The lowest BCUT2D eigenvalue weighted by Gasteiger charge is -2.04. The van der Waals surface area contributed by atoms with Crippen molar-refractivity contribution in [2.45, 2.75) is 6.42 Å². The van der Waals surface area contributed by atoms with E-state index in [4.69, 9.17) is 10.2 Å². The minimum absolute atomic E-state index is 0.00324. The Bertz CT molecular complexity index is 774. The molecule has 3 rings (SSSR count). The van der Waals surface area contributed by atoms with Crippen LogP contribution < -0.4 is 11.2 Å². The molecule has 0 unspecified atom stereocenters. The molecule has 0 saturated carbocycles. The van der Waals surface area contributed by atoms with Gasteiger partial charge in [-0.2, -0.15) is 0 Å². The molecule has 2 aromatic carbocycles. The van der Waals surface area contributed by atoms with E-state index in [-0.39, 0.29) is 5.43 Å². The van der Waals surface area contributed by atoms with Crippen LogP contribution in [0, 0.1) is 0 Å². The van der Waals surface area contributed by atoms with Crippen molar-refractivity contribution in [1.82, 2.24) is 0 Å². The zero-order chi connectivity index (χ0) is 12.5. The van der Waals surface area contributed by atoms with Crippen molar-refractivity contribution in [2.24, 2.45) is 5.73 Å². The van der Waals surface area contributed by atoms with Crippen molar-refractivity contribution in [2.75, 3.05) is 6.54 Å². The van der Waals surface area contributed by atoms with Gasteiger partial charge in [0.2, 0.25) is 0 Å². The molecule has 0 aliphatic heterocycles. The topological polar surface area (TPSA) is 56.2 Å². The van der Waals surface area contributed by atoms with Crippen LogP contribution in [0.25, 0.3) is 21.7 Å². The zero-order valence-corrected chi connectivity index (χ0v) is 9.85. The number of benzene rings is 2. The van der Waals surface area contributed by atoms with E-state index in [9.17, 15) is 4.79 Å². The van der Waals surface area contributed by atoms with Crippen LogP contribution in [0.3, 0.4) is 0 Å². The molecule has 0 saturated heterocycles. The van der Waals surface area contributed by atoms with E-state index in [1.807, 2.05) is 36.4 Å². The minimum Gasteiger partial charge on any atom is -0.461 e. The Morgan fingerprint density at radius 1 is 1.11 bits per heavy atom. The standard InChI is InChI=1S/C15H13NO2/c16-8-7-11-9-13(17)15-12-4-2-1-3-10(12)5-6-14(15)18-11/h1-6,9H,7-8,16H2. The molecule has 90 valence electrons. The predicted octanol–water partition coefficient (Wildman–Crippen LogP) is 2.45. The van der Waals surface area contributed by atoms with Crippen LogP contribution >= 0.6 is 0 Å². The Hall–Kier alpha value is -2.13. The molecule has 0 radical (unpaired) electrons. The van der Waals surface area contributed by atoms with Crippen molar-refractivity contribution in [3.8, 4) is 0 Å². The van der Waals surface area contributed by atoms with Crippen molar-refractivity contribution in [3.05, 3.63) is 58.4 Å². The molecular formula is C15H13NO2. The molecule has 0 spiro atoms. The molecule has 3 nitrogen and oxygen atoms in total. The molecule has 3 aromatic rings. The van der Waals surface area contributed by atoms with Crippen LogP contribution in [0.5, 0.6) is 0 Å². The highest BCUT2D eigenvalue weighted by molar-refractivity contribution is 6.05. The summed E-state index contributed by atoms with van der Waals surface area (Å²) in [6, 6.07) is 13.2. The molecule has 0 atom stereocenters. The summed E-state index contributed by atoms with van der Waals surface area (Å²) in [4.78, 5) is 12.2. The molecule has 0 aliphatic rings. The highest BCUT2D eigenvalue weighted by Crippen LogP contribution is 2.23. The monoisotopic (exact) mass is 239 g/mol. The number of rotatable bonds is 2. The minimum atomic E-state index is -0.00324. The molecule has 0 aliphatic carbocycles. The first-order valence-electron chi connectivity index (χ1n) is 5.94. The molecule has 0 amide bonds. The van der Waals surface area contributed by atoms with Crippen LogP contribution in [0.15, 0.2) is 51.7 Å². The fourth-order valence-corrected chi connectivity index (χ4v) is 2.25. The third-order valence-corrected chi connectivity index (χ3v) is 3.06. The van der Waals surface area contributed by atoms with Gasteiger partial charge in [-0.15, -0.1) is 0 Å². The van der Waals surface area contributed by atoms with Gasteiger partial charge >= 0.3 is 0 Å². The third-order valence-electron chi connectivity index (χ3n) is 3.06. The Morgan fingerprint density at radius 3 is 2.78 bits per heavy atom. The smallest absolute Gasteiger partial charge is 0.193 e. The fraction of sp³-hybridized carbons (Fsp3) is 0.133. The highest BCUT2D eigenvalue weighted by Gasteiger charge is 2.07. The lowest BCUT2D eigenvalue weighted by molar-refractivity contribution is 0.537. The molecule has 18 heavy (non-hydrogen) atoms. The summed E-state index contributed by atoms with van der Waals surface area (Å²) in [5, 5.41) is 2.63. The van der Waals surface area contributed by atoms with Gasteiger partial charge in [0.1, 0.15) is 11.3 Å². The maximum atomic E-state index is 12.2. The SMILES string of the molecule is NCCc1cc(=O)c2c(ccc3ccccc32)o1. The maximum Gasteiger partial charge on any atom is 0.193 e. The van der Waals surface area contributed by atoms with Gasteiger partial charge in [-0.1, -0.05) is 30.3 Å². The molecule has 0 fully saturated rings. The lowest BCUT2D eigenvalue weighted by Crippen LogP contribution is -2.07. The predicted molar refractivity (Wildman–Crippen MR) is 72.7 cm³/mol. The molecule has 2 N–H and O–H groups in total. The van der Waals surface area contributed by atoms with Gasteiger partial charge in [0.15, 0.2) is 5.43 Å². The van der Waals surface area contributed by atoms with E-state index in [0.717, 1.165) is 10.8 Å². The van der Waals surface area contributed by atoms with Crippen LogP contribution in [0.4, 0.5) is 0 Å². The van der Waals surface area contributed by atoms with Crippen molar-refractivity contribution >= 4 is 21.7 Å². The quantitative estimate of drug-likeness (QED) is 0.699. The van der Waals surface area contributed by atoms with E-state index in [0.29, 0.717) is 29.7 Å². The molecular weight excluding hydrogens is 226 g/mol. The van der Waals surface area contributed by atoms with Gasteiger partial charge in [0, 0.05) is 12.5 Å². The second kappa shape index (κ2) is 4.27. The second-order valence-corrected chi connectivity index (χ2v) is 4.28. The molecule has 0 bridgehead atoms. The second-order valence-electron chi connectivity index (χ2n) is 4.28. The Labute approximate surface area is 104 Å². The largest absolute Gasteiger partial charge is 0.461 e. The Balaban J connectivity index is 2.41. The third kappa shape index (κ3) is 1.69. The van der Waals surface area contributed by atoms with Crippen molar-refractivity contribution in [3.63, 3.8) is 0 Å². The molecule has 1 aromatic heterocycles. The van der Waals surface area contributed by atoms with Gasteiger partial charge in [-0.05, 0) is 23.4 Å². The normalized spacial score (nSPS) is 11.2. The van der Waals surface area contributed by atoms with E-state index < -0.39 is 0 Å². The first-order chi connectivity index (χ1) is 8.79. The van der Waals surface area contributed by atoms with Crippen LogP contribution in [0.1, 0.15) is 5.76 Å². The van der Waals surface area contributed by atoms with Crippen molar-refractivity contribution < 1.29 is 4.42 Å². The Kier molecular flexibility index (Phi) is 2.61. The number of nitrogens with two attached hydrogens (primary N) is 1. The molecule has 1 heterocycles. The van der Waals surface area contributed by atoms with Gasteiger partial charge < -0.3 is 10.2 Å². The lowest BCUT2D eigenvalue weighted by atomic mass is 10.1. The van der Waals surface area contributed by atoms with Crippen molar-refractivity contribution in [1.29, 1.82) is 0 Å². The van der Waals surface area contributed by atoms with Crippen LogP contribution in [0.2, 0.25) is 0 Å². The summed E-state index contributed by atoms with van der Waals surface area (Å²) < 4.78 is 5.71. The van der Waals surface area contributed by atoms with Gasteiger partial charge in [-0.3, -0.25) is 4.79 Å². The van der Waals surface area contributed by atoms with Gasteiger partial charge in [0.05, 0.1) is 5.39 Å². The first kappa shape index (κ1) is 11.0. The average Bonchev–Trinajstić information content (AvgIpc) is 2.38. The summed E-state index contributed by atoms with van der Waals surface area (Å²) in [6.45, 7) is 0.474. The summed E-state index contributed by atoms with van der Waals surface area (Å²) in [5.74, 6) is 0.644.